The summed E-state index contributed by atoms with van der Waals surface area (Å²) in [6.45, 7) is 5.27. The number of benzene rings is 1. The number of ether oxygens (including phenoxy) is 1. The molecule has 0 spiro atoms. The van der Waals surface area contributed by atoms with Gasteiger partial charge in [0.05, 0.1) is 0 Å². The molecule has 2 nitrogen and oxygen atoms in total. The highest BCUT2D eigenvalue weighted by atomic mass is 32.2. The highest BCUT2D eigenvalue weighted by Crippen LogP contribution is 2.38. The standard InChI is InChI=1S/C13H14O2S/c1-9(2)13(14)15-11-7-8-16-12-6-4-3-5-10(11)12/h3-6,11H,1,7-8H2,2H3. The Balaban J connectivity index is 2.19. The number of esters is 1. The molecule has 1 aliphatic heterocycles. The van der Waals surface area contributed by atoms with E-state index in [2.05, 4.69) is 12.6 Å². The third-order valence-electron chi connectivity index (χ3n) is 2.50. The van der Waals surface area contributed by atoms with Crippen LogP contribution in [0.4, 0.5) is 0 Å². The van der Waals surface area contributed by atoms with E-state index in [1.165, 1.54) is 4.90 Å². The highest BCUT2D eigenvalue weighted by Gasteiger charge is 2.23. The smallest absolute Gasteiger partial charge is 0.333 e. The highest BCUT2D eigenvalue weighted by molar-refractivity contribution is 7.99. The molecule has 0 fully saturated rings. The van der Waals surface area contributed by atoms with Crippen molar-refractivity contribution in [2.45, 2.75) is 24.3 Å². The van der Waals surface area contributed by atoms with Crippen molar-refractivity contribution < 1.29 is 9.53 Å². The van der Waals surface area contributed by atoms with Crippen LogP contribution in [0.15, 0.2) is 41.3 Å². The molecule has 84 valence electrons. The van der Waals surface area contributed by atoms with Crippen molar-refractivity contribution in [3.63, 3.8) is 0 Å². The SMILES string of the molecule is C=C(C)C(=O)OC1CCSc2ccccc21. The number of rotatable bonds is 2. The van der Waals surface area contributed by atoms with Crippen LogP contribution in [0.5, 0.6) is 0 Å². The first kappa shape index (κ1) is 11.3. The van der Waals surface area contributed by atoms with Crippen molar-refractivity contribution >= 4 is 17.7 Å². The molecule has 0 saturated carbocycles. The van der Waals surface area contributed by atoms with Crippen LogP contribution in [0.25, 0.3) is 0 Å². The van der Waals surface area contributed by atoms with E-state index in [4.69, 9.17) is 4.74 Å². The van der Waals surface area contributed by atoms with E-state index < -0.39 is 0 Å². The van der Waals surface area contributed by atoms with Gasteiger partial charge in [0.2, 0.25) is 0 Å². The van der Waals surface area contributed by atoms with Crippen LogP contribution in [0.2, 0.25) is 0 Å². The third kappa shape index (κ3) is 2.30. The maximum absolute atomic E-state index is 11.5. The quantitative estimate of drug-likeness (QED) is 0.580. The fraction of sp³-hybridized carbons (Fsp3) is 0.308. The molecule has 1 heterocycles. The Hall–Kier alpha value is -1.22. The molecule has 16 heavy (non-hydrogen) atoms. The summed E-state index contributed by atoms with van der Waals surface area (Å²) in [4.78, 5) is 12.7. The van der Waals surface area contributed by atoms with Crippen molar-refractivity contribution in [2.24, 2.45) is 0 Å². The van der Waals surface area contributed by atoms with E-state index in [1.807, 2.05) is 30.0 Å². The molecule has 1 aliphatic rings. The first-order valence-corrected chi connectivity index (χ1v) is 6.25. The van der Waals surface area contributed by atoms with E-state index in [9.17, 15) is 4.79 Å². The summed E-state index contributed by atoms with van der Waals surface area (Å²) in [7, 11) is 0. The van der Waals surface area contributed by atoms with Crippen LogP contribution >= 0.6 is 11.8 Å². The van der Waals surface area contributed by atoms with Gasteiger partial charge in [-0.05, 0) is 19.4 Å². The zero-order valence-corrected chi connectivity index (χ0v) is 10.0. The average molecular weight is 234 g/mol. The molecule has 1 aromatic rings. The zero-order valence-electron chi connectivity index (χ0n) is 9.23. The lowest BCUT2D eigenvalue weighted by Gasteiger charge is -2.24. The average Bonchev–Trinajstić information content (AvgIpc) is 2.29. The lowest BCUT2D eigenvalue weighted by atomic mass is 10.1. The lowest BCUT2D eigenvalue weighted by molar-refractivity contribution is -0.144. The maximum atomic E-state index is 11.5. The molecule has 0 aliphatic carbocycles. The number of fused-ring (bicyclic) bond motifs is 1. The van der Waals surface area contributed by atoms with Gasteiger partial charge in [0.15, 0.2) is 0 Å². The molecule has 0 saturated heterocycles. The minimum atomic E-state index is -0.299. The van der Waals surface area contributed by atoms with E-state index in [0.29, 0.717) is 5.57 Å². The lowest BCUT2D eigenvalue weighted by Crippen LogP contribution is -2.15. The van der Waals surface area contributed by atoms with Crippen molar-refractivity contribution in [1.82, 2.24) is 0 Å². The van der Waals surface area contributed by atoms with Gasteiger partial charge < -0.3 is 4.74 Å². The topological polar surface area (TPSA) is 26.3 Å². The van der Waals surface area contributed by atoms with Crippen molar-refractivity contribution in [3.05, 3.63) is 42.0 Å². The molecular weight excluding hydrogens is 220 g/mol. The number of carbonyl (C=O) groups is 1. The molecule has 0 radical (unpaired) electrons. The first-order chi connectivity index (χ1) is 7.68. The Morgan fingerprint density at radius 2 is 2.25 bits per heavy atom. The maximum Gasteiger partial charge on any atom is 0.333 e. The summed E-state index contributed by atoms with van der Waals surface area (Å²) in [5.41, 5.74) is 1.57. The van der Waals surface area contributed by atoms with Crippen LogP contribution in [0, 0.1) is 0 Å². The predicted molar refractivity (Wildman–Crippen MR) is 65.4 cm³/mol. The van der Waals surface area contributed by atoms with Crippen molar-refractivity contribution in [1.29, 1.82) is 0 Å². The van der Waals surface area contributed by atoms with Gasteiger partial charge in [-0.3, -0.25) is 0 Å². The van der Waals surface area contributed by atoms with Gasteiger partial charge in [0.1, 0.15) is 6.10 Å². The van der Waals surface area contributed by atoms with Gasteiger partial charge in [0.25, 0.3) is 0 Å². The van der Waals surface area contributed by atoms with E-state index in [1.54, 1.807) is 6.92 Å². The fourth-order valence-electron chi connectivity index (χ4n) is 1.66. The van der Waals surface area contributed by atoms with Gasteiger partial charge in [-0.15, -0.1) is 11.8 Å². The summed E-state index contributed by atoms with van der Waals surface area (Å²) in [5.74, 6) is 0.692. The monoisotopic (exact) mass is 234 g/mol. The van der Waals surface area contributed by atoms with Crippen LogP contribution in [0.1, 0.15) is 25.0 Å². The number of carbonyl (C=O) groups excluding carboxylic acids is 1. The van der Waals surface area contributed by atoms with Gasteiger partial charge in [-0.2, -0.15) is 0 Å². The largest absolute Gasteiger partial charge is 0.454 e. The van der Waals surface area contributed by atoms with Crippen LogP contribution in [-0.4, -0.2) is 11.7 Å². The molecule has 2 rings (SSSR count). The molecule has 1 atom stereocenters. The Morgan fingerprint density at radius 1 is 1.50 bits per heavy atom. The van der Waals surface area contributed by atoms with Crippen LogP contribution in [-0.2, 0) is 9.53 Å². The molecule has 0 aromatic heterocycles. The summed E-state index contributed by atoms with van der Waals surface area (Å²) >= 11 is 1.81. The van der Waals surface area contributed by atoms with Gasteiger partial charge in [-0.25, -0.2) is 4.79 Å². The van der Waals surface area contributed by atoms with Crippen LogP contribution in [0.3, 0.4) is 0 Å². The minimum absolute atomic E-state index is 0.110. The Morgan fingerprint density at radius 3 is 3.00 bits per heavy atom. The third-order valence-corrected chi connectivity index (χ3v) is 3.62. The van der Waals surface area contributed by atoms with E-state index in [0.717, 1.165) is 17.7 Å². The minimum Gasteiger partial charge on any atom is -0.454 e. The normalized spacial score (nSPS) is 18.7. The zero-order chi connectivity index (χ0) is 11.5. The van der Waals surface area contributed by atoms with Gasteiger partial charge in [-0.1, -0.05) is 24.8 Å². The summed E-state index contributed by atoms with van der Waals surface area (Å²) in [6.07, 6.45) is 0.766. The summed E-state index contributed by atoms with van der Waals surface area (Å²) in [6, 6.07) is 8.08. The molecule has 0 amide bonds. The van der Waals surface area contributed by atoms with Crippen molar-refractivity contribution in [2.75, 3.05) is 5.75 Å². The number of thioether (sulfide) groups is 1. The first-order valence-electron chi connectivity index (χ1n) is 5.26. The summed E-state index contributed by atoms with van der Waals surface area (Å²) in [5, 5.41) is 0. The molecule has 3 heteroatoms. The second kappa shape index (κ2) is 4.74. The fourth-order valence-corrected chi connectivity index (χ4v) is 2.75. The second-order valence-electron chi connectivity index (χ2n) is 3.85. The van der Waals surface area contributed by atoms with Crippen LogP contribution < -0.4 is 0 Å². The van der Waals surface area contributed by atoms with Gasteiger partial charge >= 0.3 is 5.97 Å². The molecular formula is C13H14O2S. The molecule has 0 N–H and O–H groups in total. The predicted octanol–water partition coefficient (Wildman–Crippen LogP) is 3.34. The summed E-state index contributed by atoms with van der Waals surface area (Å²) < 4.78 is 5.43. The second-order valence-corrected chi connectivity index (χ2v) is 4.99. The van der Waals surface area contributed by atoms with E-state index >= 15 is 0 Å². The molecule has 1 unspecified atom stereocenters. The number of hydrogen-bond acceptors (Lipinski definition) is 3. The molecule has 1 aromatic carbocycles. The molecule has 0 bridgehead atoms. The number of hydrogen-bond donors (Lipinski definition) is 0. The van der Waals surface area contributed by atoms with E-state index in [-0.39, 0.29) is 12.1 Å². The Bertz CT molecular complexity index is 426. The van der Waals surface area contributed by atoms with Crippen molar-refractivity contribution in [3.8, 4) is 0 Å². The Kier molecular flexibility index (Phi) is 3.34. The Labute approximate surface area is 99.7 Å². The van der Waals surface area contributed by atoms with Gasteiger partial charge in [0, 0.05) is 21.8 Å².